The van der Waals surface area contributed by atoms with Crippen molar-refractivity contribution in [3.63, 3.8) is 0 Å². The molecule has 0 spiro atoms. The van der Waals surface area contributed by atoms with E-state index in [-0.39, 0.29) is 41.3 Å². The molecule has 0 saturated carbocycles. The van der Waals surface area contributed by atoms with Crippen LogP contribution in [0.1, 0.15) is 41.0 Å². The topological polar surface area (TPSA) is 133 Å². The molecule has 3 aromatic carbocycles. The molecule has 0 aliphatic carbocycles. The van der Waals surface area contributed by atoms with Gasteiger partial charge in [0.1, 0.15) is 36.2 Å². The van der Waals surface area contributed by atoms with Crippen LogP contribution >= 0.6 is 0 Å². The highest BCUT2D eigenvalue weighted by molar-refractivity contribution is 5.92. The van der Waals surface area contributed by atoms with Crippen LogP contribution in [0.2, 0.25) is 0 Å². The molecule has 0 aromatic heterocycles. The van der Waals surface area contributed by atoms with E-state index >= 15 is 0 Å². The van der Waals surface area contributed by atoms with Gasteiger partial charge in [0, 0.05) is 6.08 Å². The summed E-state index contributed by atoms with van der Waals surface area (Å²) in [5.41, 5.74) is 0.561. The van der Waals surface area contributed by atoms with Gasteiger partial charge in [-0.25, -0.2) is 14.4 Å². The summed E-state index contributed by atoms with van der Waals surface area (Å²) < 4.78 is 37.3. The standard InChI is InChI=1S/C34H36O11/c1-4-24(3)32(36)42-23-21-40-19-18-39-20-22-41-27-10-6-25(7-11-27)33(37)44-29-12-8-26(9-13-29)34(38)45-30-16-14-28(15-17-30)43-31(35)5-2/h5-17,24H,2,4,18-23H2,1,3H3. The van der Waals surface area contributed by atoms with Crippen molar-refractivity contribution in [1.82, 2.24) is 0 Å². The number of ether oxygens (including phenoxy) is 7. The number of hydrogen-bond donors (Lipinski definition) is 0. The highest BCUT2D eigenvalue weighted by Gasteiger charge is 2.13. The van der Waals surface area contributed by atoms with E-state index in [1.165, 1.54) is 48.5 Å². The van der Waals surface area contributed by atoms with Gasteiger partial charge in [-0.3, -0.25) is 4.79 Å². The molecular formula is C34H36O11. The number of carbonyl (C=O) groups is 4. The second-order valence-corrected chi connectivity index (χ2v) is 9.47. The first kappa shape index (κ1) is 34.5. The third kappa shape index (κ3) is 12.3. The molecule has 0 radical (unpaired) electrons. The van der Waals surface area contributed by atoms with Crippen LogP contribution in [0.25, 0.3) is 0 Å². The molecule has 0 bridgehead atoms. The Balaban J connectivity index is 1.32. The molecule has 3 rings (SSSR count). The quantitative estimate of drug-likeness (QED) is 0.0802. The fraction of sp³-hybridized carbons (Fsp3) is 0.294. The molecule has 3 aromatic rings. The van der Waals surface area contributed by atoms with Gasteiger partial charge < -0.3 is 33.2 Å². The zero-order valence-electron chi connectivity index (χ0n) is 25.2. The smallest absolute Gasteiger partial charge is 0.343 e. The summed E-state index contributed by atoms with van der Waals surface area (Å²) in [7, 11) is 0. The molecular weight excluding hydrogens is 584 g/mol. The number of carbonyl (C=O) groups excluding carboxylic acids is 4. The molecule has 0 saturated heterocycles. The molecule has 0 N–H and O–H groups in total. The van der Waals surface area contributed by atoms with Crippen molar-refractivity contribution in [3.8, 4) is 23.0 Å². The lowest BCUT2D eigenvalue weighted by molar-refractivity contribution is -0.149. The maximum absolute atomic E-state index is 12.6. The summed E-state index contributed by atoms with van der Waals surface area (Å²) in [4.78, 5) is 47.8. The van der Waals surface area contributed by atoms with Crippen molar-refractivity contribution in [3.05, 3.63) is 96.6 Å². The molecule has 0 amide bonds. The number of hydrogen-bond acceptors (Lipinski definition) is 11. The van der Waals surface area contributed by atoms with Crippen LogP contribution in [0.15, 0.2) is 85.5 Å². The average Bonchev–Trinajstić information content (AvgIpc) is 3.06. The highest BCUT2D eigenvalue weighted by Crippen LogP contribution is 2.21. The Labute approximate surface area is 261 Å². The Bertz CT molecular complexity index is 1400. The van der Waals surface area contributed by atoms with Crippen LogP contribution in [-0.2, 0) is 23.8 Å². The van der Waals surface area contributed by atoms with Crippen LogP contribution < -0.4 is 18.9 Å². The van der Waals surface area contributed by atoms with Crippen LogP contribution in [-0.4, -0.2) is 63.5 Å². The highest BCUT2D eigenvalue weighted by atomic mass is 16.6. The molecule has 11 nitrogen and oxygen atoms in total. The van der Waals surface area contributed by atoms with Crippen molar-refractivity contribution < 1.29 is 52.3 Å². The third-order valence-electron chi connectivity index (χ3n) is 6.17. The maximum Gasteiger partial charge on any atom is 0.343 e. The monoisotopic (exact) mass is 620 g/mol. The first-order chi connectivity index (χ1) is 21.8. The zero-order valence-corrected chi connectivity index (χ0v) is 25.2. The maximum atomic E-state index is 12.6. The second-order valence-electron chi connectivity index (χ2n) is 9.47. The van der Waals surface area contributed by atoms with E-state index in [9.17, 15) is 19.2 Å². The molecule has 1 atom stereocenters. The van der Waals surface area contributed by atoms with E-state index in [1.54, 1.807) is 24.3 Å². The largest absolute Gasteiger partial charge is 0.491 e. The van der Waals surface area contributed by atoms with Crippen molar-refractivity contribution >= 4 is 23.9 Å². The summed E-state index contributed by atoms with van der Waals surface area (Å²) in [6, 6.07) is 18.3. The van der Waals surface area contributed by atoms with E-state index in [4.69, 9.17) is 33.2 Å². The van der Waals surface area contributed by atoms with Gasteiger partial charge >= 0.3 is 23.9 Å². The van der Waals surface area contributed by atoms with Gasteiger partial charge in [-0.05, 0) is 79.2 Å². The predicted molar refractivity (Wildman–Crippen MR) is 163 cm³/mol. The van der Waals surface area contributed by atoms with Gasteiger partial charge in [-0.1, -0.05) is 20.4 Å². The van der Waals surface area contributed by atoms with Crippen molar-refractivity contribution in [2.24, 2.45) is 5.92 Å². The van der Waals surface area contributed by atoms with Gasteiger partial charge in [0.05, 0.1) is 43.5 Å². The zero-order chi connectivity index (χ0) is 32.4. The summed E-state index contributed by atoms with van der Waals surface area (Å²) in [6.07, 6.45) is 1.78. The van der Waals surface area contributed by atoms with E-state index in [0.29, 0.717) is 44.3 Å². The van der Waals surface area contributed by atoms with Crippen molar-refractivity contribution in [2.45, 2.75) is 20.3 Å². The van der Waals surface area contributed by atoms with E-state index < -0.39 is 17.9 Å². The predicted octanol–water partition coefficient (Wildman–Crippen LogP) is 5.22. The first-order valence-corrected chi connectivity index (χ1v) is 14.3. The lowest BCUT2D eigenvalue weighted by Crippen LogP contribution is -2.18. The van der Waals surface area contributed by atoms with Crippen LogP contribution in [0, 0.1) is 5.92 Å². The van der Waals surface area contributed by atoms with Gasteiger partial charge in [0.25, 0.3) is 0 Å². The molecule has 0 aliphatic heterocycles. The molecule has 1 unspecified atom stereocenters. The van der Waals surface area contributed by atoms with Crippen LogP contribution in [0.4, 0.5) is 0 Å². The Kier molecular flexibility index (Phi) is 14.3. The van der Waals surface area contributed by atoms with Gasteiger partial charge in [0.2, 0.25) is 0 Å². The minimum atomic E-state index is -0.616. The molecule has 0 aliphatic rings. The van der Waals surface area contributed by atoms with E-state index in [1.807, 2.05) is 13.8 Å². The Morgan fingerprint density at radius 3 is 1.53 bits per heavy atom. The van der Waals surface area contributed by atoms with Gasteiger partial charge in [-0.2, -0.15) is 0 Å². The minimum absolute atomic E-state index is 0.110. The molecule has 0 heterocycles. The second kappa shape index (κ2) is 18.6. The average molecular weight is 621 g/mol. The molecule has 45 heavy (non-hydrogen) atoms. The fourth-order valence-corrected chi connectivity index (χ4v) is 3.46. The summed E-state index contributed by atoms with van der Waals surface area (Å²) >= 11 is 0. The van der Waals surface area contributed by atoms with Crippen LogP contribution in [0.3, 0.4) is 0 Å². The van der Waals surface area contributed by atoms with Crippen molar-refractivity contribution in [1.29, 1.82) is 0 Å². The Morgan fingerprint density at radius 1 is 0.622 bits per heavy atom. The number of rotatable bonds is 18. The number of esters is 4. The minimum Gasteiger partial charge on any atom is -0.491 e. The van der Waals surface area contributed by atoms with Crippen LogP contribution in [0.5, 0.6) is 23.0 Å². The normalized spacial score (nSPS) is 11.2. The molecule has 0 fully saturated rings. The van der Waals surface area contributed by atoms with Crippen molar-refractivity contribution in [2.75, 3.05) is 39.6 Å². The van der Waals surface area contributed by atoms with Gasteiger partial charge in [-0.15, -0.1) is 0 Å². The molecule has 238 valence electrons. The Morgan fingerprint density at radius 2 is 1.04 bits per heavy atom. The lowest BCUT2D eigenvalue weighted by Gasteiger charge is -2.10. The summed E-state index contributed by atoms with van der Waals surface area (Å²) in [5, 5.41) is 0. The molecule has 11 heteroatoms. The van der Waals surface area contributed by atoms with E-state index in [2.05, 4.69) is 6.58 Å². The van der Waals surface area contributed by atoms with E-state index in [0.717, 1.165) is 12.5 Å². The summed E-state index contributed by atoms with van der Waals surface area (Å²) in [6.45, 7) is 9.01. The third-order valence-corrected chi connectivity index (χ3v) is 6.17. The Hall–Kier alpha value is -5.00. The SMILES string of the molecule is C=CC(=O)Oc1ccc(OC(=O)c2ccc(OC(=O)c3ccc(OCCOCCOCCOC(=O)C(C)CC)cc3)cc2)cc1. The van der Waals surface area contributed by atoms with Gasteiger partial charge in [0.15, 0.2) is 0 Å². The first-order valence-electron chi connectivity index (χ1n) is 14.3. The number of benzene rings is 3. The lowest BCUT2D eigenvalue weighted by atomic mass is 10.1. The summed E-state index contributed by atoms with van der Waals surface area (Å²) in [5.74, 6) is -0.769. The fourth-order valence-electron chi connectivity index (χ4n) is 3.46.